The van der Waals surface area contributed by atoms with E-state index in [1.54, 1.807) is 11.0 Å². The number of nitrogens with one attached hydrogen (secondary N) is 1. The van der Waals surface area contributed by atoms with E-state index in [-0.39, 0.29) is 18.4 Å². The van der Waals surface area contributed by atoms with E-state index in [9.17, 15) is 9.59 Å². The maximum atomic E-state index is 12.6. The molecule has 28 heavy (non-hydrogen) atoms. The van der Waals surface area contributed by atoms with Crippen LogP contribution in [0.4, 0.5) is 5.69 Å². The molecule has 1 N–H and O–H groups in total. The van der Waals surface area contributed by atoms with Crippen LogP contribution in [-0.4, -0.2) is 44.2 Å². The number of ether oxygens (including phenoxy) is 3. The molecule has 7 heteroatoms. The molecule has 7 nitrogen and oxygen atoms in total. The van der Waals surface area contributed by atoms with Gasteiger partial charge in [0.1, 0.15) is 19.0 Å². The molecule has 2 aromatic carbocycles. The van der Waals surface area contributed by atoms with Crippen LogP contribution in [-0.2, 0) is 16.0 Å². The van der Waals surface area contributed by atoms with Gasteiger partial charge in [-0.15, -0.1) is 0 Å². The predicted molar refractivity (Wildman–Crippen MR) is 103 cm³/mol. The maximum Gasteiger partial charge on any atom is 0.262 e. The van der Waals surface area contributed by atoms with Gasteiger partial charge >= 0.3 is 0 Å². The van der Waals surface area contributed by atoms with Gasteiger partial charge in [-0.2, -0.15) is 0 Å². The molecule has 0 aromatic heterocycles. The van der Waals surface area contributed by atoms with Gasteiger partial charge in [0.15, 0.2) is 17.6 Å². The van der Waals surface area contributed by atoms with Crippen LogP contribution in [0.25, 0.3) is 0 Å². The van der Waals surface area contributed by atoms with Crippen LogP contribution in [0.15, 0.2) is 42.5 Å². The molecule has 2 heterocycles. The fourth-order valence-corrected chi connectivity index (χ4v) is 3.36. The van der Waals surface area contributed by atoms with Gasteiger partial charge in [0.2, 0.25) is 5.91 Å². The van der Waals surface area contributed by atoms with Gasteiger partial charge in [-0.05, 0) is 36.2 Å². The average molecular weight is 382 g/mol. The van der Waals surface area contributed by atoms with Crippen molar-refractivity contribution in [3.05, 3.63) is 48.0 Å². The molecule has 0 saturated heterocycles. The van der Waals surface area contributed by atoms with Crippen molar-refractivity contribution in [3.63, 3.8) is 0 Å². The van der Waals surface area contributed by atoms with Crippen molar-refractivity contribution in [1.82, 2.24) is 5.32 Å². The number of fused-ring (bicyclic) bond motifs is 2. The molecule has 1 atom stereocenters. The molecule has 0 bridgehead atoms. The zero-order valence-electron chi connectivity index (χ0n) is 15.6. The number of anilines is 1. The molecule has 2 aliphatic rings. The number of carbonyl (C=O) groups excluding carboxylic acids is 2. The minimum Gasteiger partial charge on any atom is -0.486 e. The van der Waals surface area contributed by atoms with Gasteiger partial charge in [-0.3, -0.25) is 9.59 Å². The first-order valence-corrected chi connectivity index (χ1v) is 9.32. The van der Waals surface area contributed by atoms with Gasteiger partial charge < -0.3 is 24.4 Å². The Bertz CT molecular complexity index is 898. The quantitative estimate of drug-likeness (QED) is 0.874. The van der Waals surface area contributed by atoms with E-state index in [0.29, 0.717) is 37.6 Å². The molecule has 146 valence electrons. The van der Waals surface area contributed by atoms with Crippen molar-refractivity contribution in [2.75, 3.05) is 31.2 Å². The summed E-state index contributed by atoms with van der Waals surface area (Å²) in [5.41, 5.74) is 1.74. The molecule has 0 spiro atoms. The summed E-state index contributed by atoms with van der Waals surface area (Å²) >= 11 is 0. The molecule has 2 aliphatic heterocycles. The van der Waals surface area contributed by atoms with Crippen LogP contribution in [0.1, 0.15) is 12.5 Å². The summed E-state index contributed by atoms with van der Waals surface area (Å²) in [5.74, 6) is 1.66. The SMILES string of the molecule is CC(=O)N1C[C@H](C(=O)NCCc2ccc3c(c2)OCCO3)Oc2ccccc21. The van der Waals surface area contributed by atoms with Gasteiger partial charge in [-0.25, -0.2) is 0 Å². The molecular weight excluding hydrogens is 360 g/mol. The molecule has 0 unspecified atom stereocenters. The topological polar surface area (TPSA) is 77.1 Å². The van der Waals surface area contributed by atoms with Crippen LogP contribution >= 0.6 is 0 Å². The summed E-state index contributed by atoms with van der Waals surface area (Å²) in [5, 5.41) is 2.90. The fraction of sp³-hybridized carbons (Fsp3) is 0.333. The second-order valence-electron chi connectivity index (χ2n) is 6.72. The predicted octanol–water partition coefficient (Wildman–Crippen LogP) is 1.93. The maximum absolute atomic E-state index is 12.6. The lowest BCUT2D eigenvalue weighted by molar-refractivity contribution is -0.128. The molecule has 0 radical (unpaired) electrons. The highest BCUT2D eigenvalue weighted by Gasteiger charge is 2.32. The summed E-state index contributed by atoms with van der Waals surface area (Å²) in [7, 11) is 0. The monoisotopic (exact) mass is 382 g/mol. The third-order valence-corrected chi connectivity index (χ3v) is 4.77. The Balaban J connectivity index is 1.36. The number of hydrogen-bond acceptors (Lipinski definition) is 5. The minimum atomic E-state index is -0.737. The van der Waals surface area contributed by atoms with Gasteiger partial charge in [0.25, 0.3) is 5.91 Å². The zero-order chi connectivity index (χ0) is 19.5. The lowest BCUT2D eigenvalue weighted by atomic mass is 10.1. The number of carbonyl (C=O) groups is 2. The van der Waals surface area contributed by atoms with E-state index in [0.717, 1.165) is 17.1 Å². The Labute approximate surface area is 163 Å². The second kappa shape index (κ2) is 7.80. The van der Waals surface area contributed by atoms with Gasteiger partial charge in [0, 0.05) is 13.5 Å². The zero-order valence-corrected chi connectivity index (χ0v) is 15.6. The van der Waals surface area contributed by atoms with Crippen LogP contribution < -0.4 is 24.4 Å². The van der Waals surface area contributed by atoms with Crippen LogP contribution in [0.3, 0.4) is 0 Å². The fourth-order valence-electron chi connectivity index (χ4n) is 3.36. The van der Waals surface area contributed by atoms with E-state index in [2.05, 4.69) is 5.32 Å². The van der Waals surface area contributed by atoms with Crippen LogP contribution in [0, 0.1) is 0 Å². The number of hydrogen-bond donors (Lipinski definition) is 1. The average Bonchev–Trinajstić information content (AvgIpc) is 2.72. The molecule has 4 rings (SSSR count). The van der Waals surface area contributed by atoms with Crippen molar-refractivity contribution in [2.24, 2.45) is 0 Å². The smallest absolute Gasteiger partial charge is 0.262 e. The molecule has 2 aromatic rings. The summed E-state index contributed by atoms with van der Waals surface area (Å²) in [6, 6.07) is 13.0. The highest BCUT2D eigenvalue weighted by atomic mass is 16.6. The largest absolute Gasteiger partial charge is 0.486 e. The Morgan fingerprint density at radius 1 is 1.07 bits per heavy atom. The van der Waals surface area contributed by atoms with Crippen molar-refractivity contribution >= 4 is 17.5 Å². The van der Waals surface area contributed by atoms with E-state index >= 15 is 0 Å². The van der Waals surface area contributed by atoms with E-state index in [1.807, 2.05) is 36.4 Å². The molecular formula is C21H22N2O5. The summed E-state index contributed by atoms with van der Waals surface area (Å²) in [6.45, 7) is 3.24. The molecule has 0 saturated carbocycles. The number of benzene rings is 2. The Morgan fingerprint density at radius 2 is 1.86 bits per heavy atom. The Morgan fingerprint density at radius 3 is 2.68 bits per heavy atom. The second-order valence-corrected chi connectivity index (χ2v) is 6.72. The minimum absolute atomic E-state index is 0.121. The van der Waals surface area contributed by atoms with Gasteiger partial charge in [0.05, 0.1) is 12.2 Å². The first-order valence-electron chi connectivity index (χ1n) is 9.32. The number of nitrogens with zero attached hydrogens (tertiary/aromatic N) is 1. The van der Waals surface area contributed by atoms with Crippen molar-refractivity contribution in [1.29, 1.82) is 0 Å². The standard InChI is InChI=1S/C21H22N2O5/c1-14(24)23-13-20(28-17-5-3-2-4-16(17)23)21(25)22-9-8-15-6-7-18-19(12-15)27-11-10-26-18/h2-7,12,20H,8-11,13H2,1H3,(H,22,25)/t20-/m1/s1. The van der Waals surface area contributed by atoms with Crippen LogP contribution in [0.2, 0.25) is 0 Å². The van der Waals surface area contributed by atoms with E-state index in [4.69, 9.17) is 14.2 Å². The lowest BCUT2D eigenvalue weighted by Crippen LogP contribution is -2.50. The molecule has 2 amide bonds. The molecule has 0 aliphatic carbocycles. The summed E-state index contributed by atoms with van der Waals surface area (Å²) in [4.78, 5) is 26.1. The van der Waals surface area contributed by atoms with Gasteiger partial charge in [-0.1, -0.05) is 18.2 Å². The number of para-hydroxylation sites is 2. The first-order chi connectivity index (χ1) is 13.6. The normalized spacial score (nSPS) is 17.3. The Kier molecular flexibility index (Phi) is 5.06. The lowest BCUT2D eigenvalue weighted by Gasteiger charge is -2.33. The Hall–Kier alpha value is -3.22. The van der Waals surface area contributed by atoms with E-state index < -0.39 is 6.10 Å². The first kappa shape index (κ1) is 18.2. The number of amides is 2. The third kappa shape index (κ3) is 3.74. The highest BCUT2D eigenvalue weighted by molar-refractivity contribution is 5.95. The summed E-state index contributed by atoms with van der Waals surface area (Å²) in [6.07, 6.45) is -0.0821. The number of rotatable bonds is 4. The van der Waals surface area contributed by atoms with Crippen molar-refractivity contribution < 1.29 is 23.8 Å². The van der Waals surface area contributed by atoms with Crippen molar-refractivity contribution in [3.8, 4) is 17.2 Å². The summed E-state index contributed by atoms with van der Waals surface area (Å²) < 4.78 is 16.9. The van der Waals surface area contributed by atoms with Crippen LogP contribution in [0.5, 0.6) is 17.2 Å². The van der Waals surface area contributed by atoms with Crippen molar-refractivity contribution in [2.45, 2.75) is 19.4 Å². The highest BCUT2D eigenvalue weighted by Crippen LogP contribution is 2.33. The third-order valence-electron chi connectivity index (χ3n) is 4.77. The van der Waals surface area contributed by atoms with E-state index in [1.165, 1.54) is 6.92 Å². The molecule has 0 fully saturated rings.